The molecule has 23 heavy (non-hydrogen) atoms. The summed E-state index contributed by atoms with van der Waals surface area (Å²) in [6.07, 6.45) is 0. The number of methoxy groups -OCH3 is 2. The maximum absolute atomic E-state index is 12.0. The number of nitrogens with zero attached hydrogens (tertiary/aromatic N) is 1. The van der Waals surface area contributed by atoms with Crippen molar-refractivity contribution in [3.63, 3.8) is 0 Å². The number of amides is 2. The highest BCUT2D eigenvalue weighted by Crippen LogP contribution is 2.33. The van der Waals surface area contributed by atoms with Crippen molar-refractivity contribution < 1.29 is 24.2 Å². The molecule has 0 aliphatic rings. The molecule has 2 N–H and O–H groups in total. The van der Waals surface area contributed by atoms with E-state index in [1.807, 2.05) is 0 Å². The van der Waals surface area contributed by atoms with E-state index >= 15 is 0 Å². The molecular weight excluding hydrogens is 368 g/mol. The average molecular weight is 389 g/mol. The minimum absolute atomic E-state index is 0.133. The molecule has 1 unspecified atom stereocenters. The van der Waals surface area contributed by atoms with E-state index in [0.717, 1.165) is 10.0 Å². The minimum atomic E-state index is -0.938. The number of benzene rings is 1. The Labute approximate surface area is 143 Å². The molecule has 2 amide bonds. The fourth-order valence-corrected chi connectivity index (χ4v) is 2.37. The number of nitrogens with one attached hydrogen (secondary N) is 1. The maximum atomic E-state index is 12.0. The summed E-state index contributed by atoms with van der Waals surface area (Å²) in [5, 5.41) is 11.6. The zero-order chi connectivity index (χ0) is 17.6. The molecule has 8 heteroatoms. The number of urea groups is 1. The van der Waals surface area contributed by atoms with Crippen LogP contribution in [0.25, 0.3) is 0 Å². The van der Waals surface area contributed by atoms with Gasteiger partial charge in [-0.05, 0) is 17.7 Å². The van der Waals surface area contributed by atoms with E-state index in [4.69, 9.17) is 14.6 Å². The van der Waals surface area contributed by atoms with Crippen molar-refractivity contribution in [1.82, 2.24) is 10.2 Å². The van der Waals surface area contributed by atoms with Crippen molar-refractivity contribution in [2.45, 2.75) is 13.5 Å². The largest absolute Gasteiger partial charge is 0.493 e. The normalized spacial score (nSPS) is 11.5. The summed E-state index contributed by atoms with van der Waals surface area (Å²) in [6.45, 7) is 1.96. The highest BCUT2D eigenvalue weighted by atomic mass is 79.9. The highest BCUT2D eigenvalue weighted by Gasteiger charge is 2.17. The van der Waals surface area contributed by atoms with Gasteiger partial charge in [-0.3, -0.25) is 4.79 Å². The summed E-state index contributed by atoms with van der Waals surface area (Å²) in [6, 6.07) is 3.18. The van der Waals surface area contributed by atoms with Crippen LogP contribution in [0.15, 0.2) is 16.6 Å². The van der Waals surface area contributed by atoms with Gasteiger partial charge in [0.15, 0.2) is 11.5 Å². The monoisotopic (exact) mass is 388 g/mol. The van der Waals surface area contributed by atoms with Gasteiger partial charge >= 0.3 is 12.0 Å². The quantitative estimate of drug-likeness (QED) is 0.748. The molecule has 0 radical (unpaired) electrons. The van der Waals surface area contributed by atoms with E-state index in [0.29, 0.717) is 11.5 Å². The molecule has 0 spiro atoms. The van der Waals surface area contributed by atoms with Gasteiger partial charge in [0.05, 0.1) is 20.1 Å². The van der Waals surface area contributed by atoms with E-state index in [1.165, 1.54) is 12.0 Å². The Kier molecular flexibility index (Phi) is 7.15. The van der Waals surface area contributed by atoms with Gasteiger partial charge in [-0.15, -0.1) is 0 Å². The second-order valence-electron chi connectivity index (χ2n) is 5.08. The third-order valence-corrected chi connectivity index (χ3v) is 4.04. The van der Waals surface area contributed by atoms with Gasteiger partial charge < -0.3 is 24.8 Å². The number of carboxylic acids is 1. The molecule has 0 aromatic heterocycles. The van der Waals surface area contributed by atoms with E-state index in [9.17, 15) is 9.59 Å². The van der Waals surface area contributed by atoms with Gasteiger partial charge in [-0.2, -0.15) is 0 Å². The van der Waals surface area contributed by atoms with Crippen molar-refractivity contribution in [3.8, 4) is 11.5 Å². The number of halogens is 1. The maximum Gasteiger partial charge on any atom is 0.317 e. The smallest absolute Gasteiger partial charge is 0.317 e. The van der Waals surface area contributed by atoms with Crippen molar-refractivity contribution in [3.05, 3.63) is 22.2 Å². The lowest BCUT2D eigenvalue weighted by molar-refractivity contribution is -0.141. The summed E-state index contributed by atoms with van der Waals surface area (Å²) in [7, 11) is 4.64. The lowest BCUT2D eigenvalue weighted by Crippen LogP contribution is -2.40. The predicted molar refractivity (Wildman–Crippen MR) is 88.9 cm³/mol. The van der Waals surface area contributed by atoms with Crippen LogP contribution in [0, 0.1) is 5.92 Å². The molecule has 7 nitrogen and oxygen atoms in total. The first-order valence-corrected chi connectivity index (χ1v) is 7.71. The molecule has 0 bridgehead atoms. The first-order valence-electron chi connectivity index (χ1n) is 6.92. The van der Waals surface area contributed by atoms with Gasteiger partial charge in [0.25, 0.3) is 0 Å². The number of carboxylic acid groups (broad SMARTS) is 1. The van der Waals surface area contributed by atoms with Crippen LogP contribution in [0.3, 0.4) is 0 Å². The minimum Gasteiger partial charge on any atom is -0.493 e. The molecule has 0 saturated carbocycles. The van der Waals surface area contributed by atoms with E-state index < -0.39 is 11.9 Å². The number of hydrogen-bond donors (Lipinski definition) is 2. The Morgan fingerprint density at radius 2 is 1.87 bits per heavy atom. The lowest BCUT2D eigenvalue weighted by atomic mass is 10.2. The summed E-state index contributed by atoms with van der Waals surface area (Å²) in [5.74, 6) is -0.416. The van der Waals surface area contributed by atoms with E-state index in [1.54, 1.807) is 33.2 Å². The summed E-state index contributed by atoms with van der Waals surface area (Å²) in [5.41, 5.74) is 0.815. The van der Waals surface area contributed by atoms with Crippen LogP contribution in [0.1, 0.15) is 12.5 Å². The van der Waals surface area contributed by atoms with Crippen LogP contribution >= 0.6 is 15.9 Å². The standard InChI is InChI=1S/C15H21BrN2O5/c1-9(14(19)20)8-18(2)15(21)17-7-10-5-12(22-3)13(23-4)6-11(10)16/h5-6,9H,7-8H2,1-4H3,(H,17,21)(H,19,20). The van der Waals surface area contributed by atoms with Crippen LogP contribution in [0.2, 0.25) is 0 Å². The fourth-order valence-electron chi connectivity index (χ4n) is 1.91. The molecule has 1 atom stereocenters. The van der Waals surface area contributed by atoms with Crippen LogP contribution in [-0.2, 0) is 11.3 Å². The van der Waals surface area contributed by atoms with Gasteiger partial charge in [0, 0.05) is 24.6 Å². The fraction of sp³-hybridized carbons (Fsp3) is 0.467. The lowest BCUT2D eigenvalue weighted by Gasteiger charge is -2.20. The van der Waals surface area contributed by atoms with Crippen molar-refractivity contribution in [2.24, 2.45) is 5.92 Å². The first-order chi connectivity index (χ1) is 10.8. The topological polar surface area (TPSA) is 88.1 Å². The third-order valence-electron chi connectivity index (χ3n) is 3.30. The molecule has 0 saturated heterocycles. The average Bonchev–Trinajstić information content (AvgIpc) is 2.52. The Balaban J connectivity index is 2.70. The molecule has 0 heterocycles. The van der Waals surface area contributed by atoms with Gasteiger partial charge in [-0.25, -0.2) is 4.79 Å². The first kappa shape index (κ1) is 19.1. The number of carbonyl (C=O) groups excluding carboxylic acids is 1. The van der Waals surface area contributed by atoms with Crippen molar-refractivity contribution in [1.29, 1.82) is 0 Å². The Bertz CT molecular complexity index is 579. The Morgan fingerprint density at radius 3 is 2.39 bits per heavy atom. The Hall–Kier alpha value is -1.96. The number of carbonyl (C=O) groups is 2. The predicted octanol–water partition coefficient (Wildman–Crippen LogP) is 2.33. The van der Waals surface area contributed by atoms with Crippen LogP contribution in [0.5, 0.6) is 11.5 Å². The van der Waals surface area contributed by atoms with Crippen LogP contribution in [-0.4, -0.2) is 49.8 Å². The SMILES string of the molecule is COc1cc(Br)c(CNC(=O)N(C)CC(C)C(=O)O)cc1OC. The van der Waals surface area contributed by atoms with Crippen molar-refractivity contribution in [2.75, 3.05) is 27.8 Å². The zero-order valence-electron chi connectivity index (χ0n) is 13.6. The molecule has 0 aliphatic heterocycles. The zero-order valence-corrected chi connectivity index (χ0v) is 15.1. The van der Waals surface area contributed by atoms with Crippen molar-refractivity contribution >= 4 is 27.9 Å². The second-order valence-corrected chi connectivity index (χ2v) is 5.93. The van der Waals surface area contributed by atoms with Crippen LogP contribution < -0.4 is 14.8 Å². The number of ether oxygens (including phenoxy) is 2. The highest BCUT2D eigenvalue weighted by molar-refractivity contribution is 9.10. The van der Waals surface area contributed by atoms with E-state index in [-0.39, 0.29) is 19.1 Å². The Morgan fingerprint density at radius 1 is 1.30 bits per heavy atom. The summed E-state index contributed by atoms with van der Waals surface area (Å²) in [4.78, 5) is 24.2. The molecule has 1 rings (SSSR count). The number of rotatable bonds is 7. The molecule has 128 valence electrons. The molecular formula is C15H21BrN2O5. The number of aliphatic carboxylic acids is 1. The molecule has 0 fully saturated rings. The molecule has 0 aliphatic carbocycles. The summed E-state index contributed by atoms with van der Waals surface area (Å²) >= 11 is 3.42. The van der Waals surface area contributed by atoms with Gasteiger partial charge in [-0.1, -0.05) is 22.9 Å². The van der Waals surface area contributed by atoms with Gasteiger partial charge in [0.2, 0.25) is 0 Å². The van der Waals surface area contributed by atoms with Gasteiger partial charge in [0.1, 0.15) is 0 Å². The summed E-state index contributed by atoms with van der Waals surface area (Å²) < 4.78 is 11.2. The van der Waals surface area contributed by atoms with Crippen LogP contribution in [0.4, 0.5) is 4.79 Å². The van der Waals surface area contributed by atoms with E-state index in [2.05, 4.69) is 21.2 Å². The second kappa shape index (κ2) is 8.61. The molecule has 1 aromatic rings. The number of hydrogen-bond acceptors (Lipinski definition) is 4. The third kappa shape index (κ3) is 5.31. The molecule has 1 aromatic carbocycles.